The van der Waals surface area contributed by atoms with E-state index < -0.39 is 0 Å². The molecular weight excluding hydrogens is 278 g/mol. The molecule has 1 aromatic heterocycles. The maximum Gasteiger partial charge on any atom is 0.191 e. The summed E-state index contributed by atoms with van der Waals surface area (Å²) in [6.45, 7) is 17.8. The molecule has 0 saturated heterocycles. The second-order valence-corrected chi connectivity index (χ2v) is 5.39. The highest BCUT2D eigenvalue weighted by Crippen LogP contribution is 2.24. The van der Waals surface area contributed by atoms with E-state index in [1.165, 1.54) is 0 Å². The molecule has 1 unspecified atom stereocenters. The van der Waals surface area contributed by atoms with Crippen LogP contribution in [0.5, 0.6) is 0 Å². The third kappa shape index (κ3) is 4.13. The molecule has 0 radical (unpaired) electrons. The molecule has 1 aliphatic heterocycles. The summed E-state index contributed by atoms with van der Waals surface area (Å²) in [6.07, 6.45) is 5.73. The second kappa shape index (κ2) is 9.67. The van der Waals surface area contributed by atoms with Crippen LogP contribution in [0.25, 0.3) is 11.0 Å². The van der Waals surface area contributed by atoms with E-state index in [0.29, 0.717) is 6.04 Å². The Kier molecular flexibility index (Phi) is 9.11. The lowest BCUT2D eigenvalue weighted by atomic mass is 10.2. The van der Waals surface area contributed by atoms with Crippen LogP contribution in [-0.2, 0) is 0 Å². The molecule has 0 N–H and O–H groups in total. The SMILES string of the molecule is C=CC1=c2/c(=C\C)c(=O)c(C)cn2C(C)CS1.CC.CC. The van der Waals surface area contributed by atoms with Gasteiger partial charge in [-0.3, -0.25) is 4.79 Å². The fourth-order valence-corrected chi connectivity index (χ4v) is 3.23. The zero-order valence-electron chi connectivity index (χ0n) is 14.5. The first-order chi connectivity index (χ1) is 10.1. The van der Waals surface area contributed by atoms with Gasteiger partial charge < -0.3 is 4.57 Å². The molecule has 0 amide bonds. The monoisotopic (exact) mass is 307 g/mol. The van der Waals surface area contributed by atoms with Gasteiger partial charge in [0, 0.05) is 33.7 Å². The zero-order chi connectivity index (χ0) is 16.6. The molecule has 1 aliphatic rings. The number of hydrogen-bond acceptors (Lipinski definition) is 2. The normalized spacial score (nSPS) is 17.0. The van der Waals surface area contributed by atoms with Crippen LogP contribution in [0.2, 0.25) is 0 Å². The number of thioether (sulfide) groups is 1. The van der Waals surface area contributed by atoms with E-state index in [1.54, 1.807) is 11.8 Å². The maximum absolute atomic E-state index is 12.1. The van der Waals surface area contributed by atoms with E-state index in [4.69, 9.17) is 0 Å². The van der Waals surface area contributed by atoms with Gasteiger partial charge in [0.15, 0.2) is 5.43 Å². The second-order valence-electron chi connectivity index (χ2n) is 4.33. The van der Waals surface area contributed by atoms with Gasteiger partial charge in [0.2, 0.25) is 0 Å². The molecule has 0 aliphatic carbocycles. The Labute approximate surface area is 133 Å². The Morgan fingerprint density at radius 2 is 1.90 bits per heavy atom. The lowest BCUT2D eigenvalue weighted by molar-refractivity contribution is 0.579. The number of hydrogen-bond donors (Lipinski definition) is 0. The average Bonchev–Trinajstić information content (AvgIpc) is 2.54. The smallest absolute Gasteiger partial charge is 0.191 e. The summed E-state index contributed by atoms with van der Waals surface area (Å²) < 4.78 is 2.21. The lowest BCUT2D eigenvalue weighted by Gasteiger charge is -2.24. The minimum atomic E-state index is 0.132. The molecule has 0 aromatic carbocycles. The van der Waals surface area contributed by atoms with E-state index in [0.717, 1.165) is 26.8 Å². The van der Waals surface area contributed by atoms with Crippen LogP contribution in [0.1, 0.15) is 53.1 Å². The van der Waals surface area contributed by atoms with Crippen molar-refractivity contribution < 1.29 is 0 Å². The minimum absolute atomic E-state index is 0.132. The topological polar surface area (TPSA) is 22.0 Å². The van der Waals surface area contributed by atoms with Crippen molar-refractivity contribution in [1.82, 2.24) is 4.57 Å². The van der Waals surface area contributed by atoms with Gasteiger partial charge in [-0.05, 0) is 20.8 Å². The quantitative estimate of drug-likeness (QED) is 0.790. The molecule has 1 atom stereocenters. The first-order valence-electron chi connectivity index (χ1n) is 7.77. The molecule has 2 heterocycles. The summed E-state index contributed by atoms with van der Waals surface area (Å²) in [4.78, 5) is 13.2. The van der Waals surface area contributed by atoms with Crippen molar-refractivity contribution in [3.05, 3.63) is 45.2 Å². The molecule has 0 bridgehead atoms. The number of nitrogens with zero attached hydrogens (tertiary/aromatic N) is 1. The summed E-state index contributed by atoms with van der Waals surface area (Å²) in [6, 6.07) is 0.414. The van der Waals surface area contributed by atoms with Crippen LogP contribution in [0, 0.1) is 6.92 Å². The molecule has 0 saturated carbocycles. The predicted molar refractivity (Wildman–Crippen MR) is 98.3 cm³/mol. The summed E-state index contributed by atoms with van der Waals surface area (Å²) in [5.74, 6) is 1.03. The van der Waals surface area contributed by atoms with E-state index >= 15 is 0 Å². The Morgan fingerprint density at radius 3 is 2.38 bits per heavy atom. The molecule has 21 heavy (non-hydrogen) atoms. The Bertz CT molecular complexity index is 640. The molecule has 0 spiro atoms. The number of rotatable bonds is 1. The van der Waals surface area contributed by atoms with Gasteiger partial charge in [0.05, 0.1) is 5.35 Å². The molecule has 1 aromatic rings. The van der Waals surface area contributed by atoms with Crippen molar-refractivity contribution >= 4 is 22.7 Å². The van der Waals surface area contributed by atoms with Crippen LogP contribution in [-0.4, -0.2) is 10.3 Å². The Balaban J connectivity index is 0.000000921. The minimum Gasteiger partial charge on any atom is -0.342 e. The average molecular weight is 308 g/mol. The summed E-state index contributed by atoms with van der Waals surface area (Å²) in [5, 5.41) is 1.83. The van der Waals surface area contributed by atoms with Gasteiger partial charge in [-0.1, -0.05) is 46.4 Å². The first kappa shape index (κ1) is 19.8. The molecule has 0 fully saturated rings. The van der Waals surface area contributed by atoms with Gasteiger partial charge >= 0.3 is 0 Å². The largest absolute Gasteiger partial charge is 0.342 e. The Hall–Kier alpha value is -1.22. The number of fused-ring (bicyclic) bond motifs is 1. The van der Waals surface area contributed by atoms with Crippen molar-refractivity contribution in [2.24, 2.45) is 0 Å². The molecule has 3 heteroatoms. The van der Waals surface area contributed by atoms with Crippen LogP contribution in [0.4, 0.5) is 0 Å². The number of pyridine rings is 1. The van der Waals surface area contributed by atoms with Crippen LogP contribution >= 0.6 is 11.8 Å². The Morgan fingerprint density at radius 1 is 1.33 bits per heavy atom. The van der Waals surface area contributed by atoms with Crippen molar-refractivity contribution in [3.8, 4) is 0 Å². The van der Waals surface area contributed by atoms with E-state index in [-0.39, 0.29) is 5.43 Å². The maximum atomic E-state index is 12.1. The molecule has 2 nitrogen and oxygen atoms in total. The zero-order valence-corrected chi connectivity index (χ0v) is 15.3. The van der Waals surface area contributed by atoms with E-state index in [1.807, 2.05) is 59.9 Å². The fraction of sp³-hybridized carbons (Fsp3) is 0.500. The van der Waals surface area contributed by atoms with Crippen LogP contribution in [0.3, 0.4) is 0 Å². The number of aromatic nitrogens is 1. The first-order valence-corrected chi connectivity index (χ1v) is 8.76. The third-order valence-electron chi connectivity index (χ3n) is 3.11. The van der Waals surface area contributed by atoms with Gasteiger partial charge in [-0.2, -0.15) is 0 Å². The van der Waals surface area contributed by atoms with E-state index in [2.05, 4.69) is 18.1 Å². The van der Waals surface area contributed by atoms with Crippen molar-refractivity contribution in [2.45, 2.75) is 54.5 Å². The van der Waals surface area contributed by atoms with Crippen molar-refractivity contribution in [3.63, 3.8) is 0 Å². The highest BCUT2D eigenvalue weighted by atomic mass is 32.2. The van der Waals surface area contributed by atoms with Gasteiger partial charge in [0.1, 0.15) is 0 Å². The van der Waals surface area contributed by atoms with Gasteiger partial charge in [0.25, 0.3) is 0 Å². The highest BCUT2D eigenvalue weighted by Gasteiger charge is 2.16. The summed E-state index contributed by atoms with van der Waals surface area (Å²) >= 11 is 1.78. The molecular formula is C18H29NOS. The van der Waals surface area contributed by atoms with Crippen molar-refractivity contribution in [2.75, 3.05) is 5.75 Å². The van der Waals surface area contributed by atoms with Crippen LogP contribution < -0.4 is 16.0 Å². The predicted octanol–water partition coefficient (Wildman–Crippen LogP) is 3.61. The van der Waals surface area contributed by atoms with Gasteiger partial charge in [-0.25, -0.2) is 0 Å². The number of aryl methyl sites for hydroxylation is 1. The molecule has 118 valence electrons. The highest BCUT2D eigenvalue weighted by molar-refractivity contribution is 8.08. The van der Waals surface area contributed by atoms with E-state index in [9.17, 15) is 4.79 Å². The standard InChI is InChI=1S/C14H17NOS.2C2H6/c1-5-11-13-12(6-2)17-8-10(4)15(13)7-9(3)14(11)16;2*1-2/h5-7,10H,2,8H2,1,3-4H3;2*1-2H3/b11-5+;;. The lowest BCUT2D eigenvalue weighted by Crippen LogP contribution is -2.49. The summed E-state index contributed by atoms with van der Waals surface area (Å²) in [7, 11) is 0. The summed E-state index contributed by atoms with van der Waals surface area (Å²) in [5.41, 5.74) is 0.941. The van der Waals surface area contributed by atoms with Crippen molar-refractivity contribution in [1.29, 1.82) is 0 Å². The van der Waals surface area contributed by atoms with Crippen LogP contribution in [0.15, 0.2) is 23.6 Å². The fourth-order valence-electron chi connectivity index (χ4n) is 2.18. The third-order valence-corrected chi connectivity index (χ3v) is 4.43. The van der Waals surface area contributed by atoms with Gasteiger partial charge in [-0.15, -0.1) is 11.8 Å². The molecule has 2 rings (SSSR count).